The van der Waals surface area contributed by atoms with Crippen LogP contribution in [0.2, 0.25) is 0 Å². The minimum atomic E-state index is -0.0852. The van der Waals surface area contributed by atoms with E-state index in [2.05, 4.69) is 4.90 Å². The number of anilines is 1. The van der Waals surface area contributed by atoms with E-state index in [1.807, 2.05) is 48.7 Å². The van der Waals surface area contributed by atoms with Gasteiger partial charge in [0.1, 0.15) is 5.82 Å². The van der Waals surface area contributed by atoms with Crippen molar-refractivity contribution in [3.8, 4) is 11.5 Å². The van der Waals surface area contributed by atoms with Crippen molar-refractivity contribution in [2.45, 2.75) is 39.3 Å². The highest BCUT2D eigenvalue weighted by Crippen LogP contribution is 2.34. The fourth-order valence-electron chi connectivity index (χ4n) is 5.72. The van der Waals surface area contributed by atoms with Gasteiger partial charge in [-0.1, -0.05) is 11.6 Å². The van der Waals surface area contributed by atoms with Crippen LogP contribution in [0.3, 0.4) is 0 Å². The van der Waals surface area contributed by atoms with Crippen LogP contribution < -0.4 is 19.9 Å². The van der Waals surface area contributed by atoms with Crippen molar-refractivity contribution < 1.29 is 19.7 Å². The van der Waals surface area contributed by atoms with Gasteiger partial charge in [0, 0.05) is 50.2 Å². The molecule has 1 saturated heterocycles. The number of methoxy groups -OCH3 is 2. The standard InChI is InChI=1S/C30H38N6O5/c1-19-5-6-24-23(15-19)29(39)36(20(2)31-24)21-7-9-34(10-8-21)18-26-22-16-27(40-3)28(41-4)17-25(22)32-30(33-26)35(11-13-37)12-14-38/h5-6,15-17,21,37-38H,7-14,18H2,1-4H3. The predicted octanol–water partition coefficient (Wildman–Crippen LogP) is 2.60. The number of aliphatic hydroxyl groups excluding tert-OH is 2. The summed E-state index contributed by atoms with van der Waals surface area (Å²) in [5.74, 6) is 2.34. The third-order valence-corrected chi connectivity index (χ3v) is 7.82. The molecule has 1 aliphatic rings. The summed E-state index contributed by atoms with van der Waals surface area (Å²) in [6.07, 6.45) is 1.63. The quantitative estimate of drug-likeness (QED) is 0.298. The molecule has 2 aromatic carbocycles. The molecule has 4 aromatic rings. The zero-order valence-electron chi connectivity index (χ0n) is 24.1. The molecule has 0 atom stereocenters. The van der Waals surface area contributed by atoms with Gasteiger partial charge in [0.15, 0.2) is 11.5 Å². The third kappa shape index (κ3) is 5.83. The molecule has 0 amide bonds. The van der Waals surface area contributed by atoms with Crippen LogP contribution >= 0.6 is 0 Å². The molecular weight excluding hydrogens is 524 g/mol. The molecule has 1 fully saturated rings. The average molecular weight is 563 g/mol. The van der Waals surface area contributed by atoms with Crippen LogP contribution in [0.1, 0.15) is 36.0 Å². The van der Waals surface area contributed by atoms with E-state index in [9.17, 15) is 15.0 Å². The normalized spacial score (nSPS) is 14.6. The van der Waals surface area contributed by atoms with Crippen LogP contribution in [-0.2, 0) is 6.54 Å². The Morgan fingerprint density at radius 3 is 2.24 bits per heavy atom. The molecule has 0 saturated carbocycles. The molecule has 0 bridgehead atoms. The van der Waals surface area contributed by atoms with Gasteiger partial charge in [-0.25, -0.2) is 15.0 Å². The number of aromatic nitrogens is 4. The second-order valence-corrected chi connectivity index (χ2v) is 10.5. The highest BCUT2D eigenvalue weighted by atomic mass is 16.5. The Bertz CT molecular complexity index is 1590. The molecular formula is C30H38N6O5. The van der Waals surface area contributed by atoms with E-state index >= 15 is 0 Å². The monoisotopic (exact) mass is 562 g/mol. The Kier molecular flexibility index (Phi) is 8.67. The lowest BCUT2D eigenvalue weighted by Gasteiger charge is -2.33. The van der Waals surface area contributed by atoms with E-state index < -0.39 is 0 Å². The highest BCUT2D eigenvalue weighted by Gasteiger charge is 2.25. The zero-order chi connectivity index (χ0) is 29.1. The zero-order valence-corrected chi connectivity index (χ0v) is 24.1. The first-order valence-corrected chi connectivity index (χ1v) is 14.0. The SMILES string of the molecule is COc1cc2nc(N(CCO)CCO)nc(CN3CCC(n4c(C)nc5ccc(C)cc5c4=O)CC3)c2cc1OC. The predicted molar refractivity (Wildman–Crippen MR) is 158 cm³/mol. The van der Waals surface area contributed by atoms with E-state index in [4.69, 9.17) is 24.4 Å². The maximum absolute atomic E-state index is 13.5. The summed E-state index contributed by atoms with van der Waals surface area (Å²) in [5.41, 5.74) is 3.32. The van der Waals surface area contributed by atoms with Gasteiger partial charge in [-0.3, -0.25) is 14.3 Å². The molecule has 218 valence electrons. The summed E-state index contributed by atoms with van der Waals surface area (Å²) >= 11 is 0. The summed E-state index contributed by atoms with van der Waals surface area (Å²) in [4.78, 5) is 32.0. The van der Waals surface area contributed by atoms with Gasteiger partial charge in [-0.15, -0.1) is 0 Å². The topological polar surface area (TPSA) is 126 Å². The lowest BCUT2D eigenvalue weighted by Crippen LogP contribution is -2.38. The molecule has 2 N–H and O–H groups in total. The average Bonchev–Trinajstić information content (AvgIpc) is 2.97. The summed E-state index contributed by atoms with van der Waals surface area (Å²) in [7, 11) is 3.18. The summed E-state index contributed by atoms with van der Waals surface area (Å²) in [6, 6.07) is 9.62. The number of fused-ring (bicyclic) bond motifs is 2. The first-order valence-electron chi connectivity index (χ1n) is 14.0. The maximum atomic E-state index is 13.5. The Balaban J connectivity index is 1.44. The largest absolute Gasteiger partial charge is 0.493 e. The fourth-order valence-corrected chi connectivity index (χ4v) is 5.72. The van der Waals surface area contributed by atoms with Crippen LogP contribution in [0.4, 0.5) is 5.95 Å². The molecule has 0 aliphatic carbocycles. The molecule has 1 aliphatic heterocycles. The first kappa shape index (κ1) is 28.7. The van der Waals surface area contributed by atoms with E-state index in [-0.39, 0.29) is 24.8 Å². The summed E-state index contributed by atoms with van der Waals surface area (Å²) < 4.78 is 12.9. The molecule has 3 heterocycles. The van der Waals surface area contributed by atoms with Gasteiger partial charge >= 0.3 is 0 Å². The van der Waals surface area contributed by atoms with Gasteiger partial charge in [0.05, 0.1) is 49.5 Å². The van der Waals surface area contributed by atoms with Crippen molar-refractivity contribution in [2.75, 3.05) is 58.5 Å². The number of nitrogens with zero attached hydrogens (tertiary/aromatic N) is 6. The van der Waals surface area contributed by atoms with Crippen LogP contribution in [0.15, 0.2) is 35.1 Å². The second kappa shape index (κ2) is 12.4. The number of benzene rings is 2. The van der Waals surface area contributed by atoms with Gasteiger partial charge in [0.2, 0.25) is 5.95 Å². The molecule has 0 spiro atoms. The first-order chi connectivity index (χ1) is 19.9. The molecule has 11 nitrogen and oxygen atoms in total. The molecule has 11 heteroatoms. The van der Waals surface area contributed by atoms with Crippen molar-refractivity contribution >= 4 is 27.8 Å². The Labute approximate surface area is 239 Å². The van der Waals surface area contributed by atoms with Crippen LogP contribution in [0.5, 0.6) is 11.5 Å². The van der Waals surface area contributed by atoms with E-state index in [0.717, 1.165) is 53.9 Å². The van der Waals surface area contributed by atoms with Crippen molar-refractivity contribution in [2.24, 2.45) is 0 Å². The van der Waals surface area contributed by atoms with Gasteiger partial charge in [-0.2, -0.15) is 0 Å². The van der Waals surface area contributed by atoms with Gasteiger partial charge < -0.3 is 24.6 Å². The number of hydrogen-bond donors (Lipinski definition) is 2. The highest BCUT2D eigenvalue weighted by molar-refractivity contribution is 5.86. The second-order valence-electron chi connectivity index (χ2n) is 10.5. The maximum Gasteiger partial charge on any atom is 0.261 e. The van der Waals surface area contributed by atoms with Crippen LogP contribution in [0, 0.1) is 13.8 Å². The lowest BCUT2D eigenvalue weighted by atomic mass is 10.0. The number of piperidine rings is 1. The Morgan fingerprint density at radius 2 is 1.59 bits per heavy atom. The number of hydrogen-bond acceptors (Lipinski definition) is 10. The Morgan fingerprint density at radius 1 is 0.902 bits per heavy atom. The van der Waals surface area contributed by atoms with Crippen molar-refractivity contribution in [3.63, 3.8) is 0 Å². The van der Waals surface area contributed by atoms with Gasteiger partial charge in [-0.05, 0) is 44.9 Å². The van der Waals surface area contributed by atoms with Crippen LogP contribution in [0.25, 0.3) is 21.8 Å². The summed E-state index contributed by atoms with van der Waals surface area (Å²) in [6.45, 7) is 6.48. The smallest absolute Gasteiger partial charge is 0.261 e. The molecule has 2 aromatic heterocycles. The fraction of sp³-hybridized carbons (Fsp3) is 0.467. The minimum Gasteiger partial charge on any atom is -0.493 e. The van der Waals surface area contributed by atoms with Crippen molar-refractivity contribution in [1.82, 2.24) is 24.4 Å². The Hall–Kier alpha value is -3.80. The molecule has 5 rings (SSSR count). The van der Waals surface area contributed by atoms with E-state index in [1.54, 1.807) is 19.1 Å². The third-order valence-electron chi connectivity index (χ3n) is 7.82. The van der Waals surface area contributed by atoms with Crippen LogP contribution in [-0.4, -0.2) is 88.2 Å². The summed E-state index contributed by atoms with van der Waals surface area (Å²) in [5, 5.41) is 20.7. The number of rotatable bonds is 10. The molecule has 0 unspecified atom stereocenters. The van der Waals surface area contributed by atoms with Gasteiger partial charge in [0.25, 0.3) is 5.56 Å². The number of aryl methyl sites for hydroxylation is 2. The lowest BCUT2D eigenvalue weighted by molar-refractivity contribution is 0.175. The van der Waals surface area contributed by atoms with Crippen molar-refractivity contribution in [3.05, 3.63) is 57.8 Å². The number of likely N-dealkylation sites (tertiary alicyclic amines) is 1. The minimum absolute atomic E-state index is 0.0231. The number of ether oxygens (including phenoxy) is 2. The van der Waals surface area contributed by atoms with Crippen molar-refractivity contribution in [1.29, 1.82) is 0 Å². The van der Waals surface area contributed by atoms with E-state index in [1.165, 1.54) is 0 Å². The molecule has 0 radical (unpaired) electrons. The number of aliphatic hydroxyl groups is 2. The van der Waals surface area contributed by atoms with E-state index in [0.29, 0.717) is 48.0 Å². The molecule has 41 heavy (non-hydrogen) atoms.